The number of methoxy groups -OCH3 is 1. The van der Waals surface area contributed by atoms with E-state index in [-0.39, 0.29) is 11.4 Å². The van der Waals surface area contributed by atoms with Gasteiger partial charge in [0.15, 0.2) is 0 Å². The van der Waals surface area contributed by atoms with Crippen LogP contribution in [0.25, 0.3) is 49.1 Å². The highest BCUT2D eigenvalue weighted by molar-refractivity contribution is 6.25. The van der Waals surface area contributed by atoms with E-state index in [2.05, 4.69) is 4.98 Å². The summed E-state index contributed by atoms with van der Waals surface area (Å²) in [4.78, 5) is 20.1. The topological polar surface area (TPSA) is 79.6 Å². The summed E-state index contributed by atoms with van der Waals surface area (Å²) in [5.74, 6) is 0.554. The molecule has 0 radical (unpaired) electrons. The number of H-pyrrole nitrogens is 1. The highest BCUT2D eigenvalue weighted by Crippen LogP contribution is 2.39. The van der Waals surface area contributed by atoms with Gasteiger partial charge in [-0.25, -0.2) is 4.98 Å². The lowest BCUT2D eigenvalue weighted by molar-refractivity contribution is 0.415. The van der Waals surface area contributed by atoms with Crippen LogP contribution in [0.1, 0.15) is 0 Å². The fourth-order valence-corrected chi connectivity index (χ4v) is 4.16. The predicted octanol–water partition coefficient (Wildman–Crippen LogP) is 3.79. The molecule has 0 aliphatic heterocycles. The van der Waals surface area contributed by atoms with Crippen LogP contribution in [0, 0.1) is 0 Å². The second kappa shape index (κ2) is 4.67. The van der Waals surface area contributed by atoms with E-state index in [1.54, 1.807) is 7.11 Å². The molecule has 6 aromatic rings. The molecule has 0 saturated heterocycles. The van der Waals surface area contributed by atoms with Crippen LogP contribution in [0.2, 0.25) is 0 Å². The minimum atomic E-state index is -0.329. The number of hydrogen-bond acceptors (Lipinski definition) is 4. The van der Waals surface area contributed by atoms with Gasteiger partial charge in [0.1, 0.15) is 11.3 Å². The quantitative estimate of drug-likeness (QED) is 0.470. The number of benzene rings is 2. The Morgan fingerprint density at radius 3 is 2.78 bits per heavy atom. The number of aromatic nitrogens is 3. The number of aromatic amines is 1. The molecule has 0 unspecified atom stereocenters. The minimum absolute atomic E-state index is 0.138. The van der Waals surface area contributed by atoms with Crippen molar-refractivity contribution in [2.24, 2.45) is 0 Å². The van der Waals surface area contributed by atoms with Crippen molar-refractivity contribution in [3.8, 4) is 11.6 Å². The Labute approximate surface area is 151 Å². The number of fused-ring (bicyclic) bond motifs is 10. The van der Waals surface area contributed by atoms with Crippen LogP contribution in [-0.2, 0) is 0 Å². The molecule has 0 bridgehead atoms. The Morgan fingerprint density at radius 2 is 1.93 bits per heavy atom. The Kier molecular flexibility index (Phi) is 2.49. The van der Waals surface area contributed by atoms with E-state index in [9.17, 15) is 9.90 Å². The van der Waals surface area contributed by atoms with E-state index in [0.29, 0.717) is 16.7 Å². The number of pyridine rings is 1. The van der Waals surface area contributed by atoms with Crippen molar-refractivity contribution >= 4 is 49.1 Å². The third-order valence-corrected chi connectivity index (χ3v) is 5.29. The summed E-state index contributed by atoms with van der Waals surface area (Å²) in [5, 5.41) is 13.5. The average Bonchev–Trinajstić information content (AvgIpc) is 3.32. The van der Waals surface area contributed by atoms with Crippen molar-refractivity contribution < 1.29 is 9.84 Å². The van der Waals surface area contributed by atoms with Gasteiger partial charge in [-0.2, -0.15) is 0 Å². The van der Waals surface area contributed by atoms with Gasteiger partial charge in [0.25, 0.3) is 5.56 Å². The number of nitrogens with zero attached hydrogens (tertiary/aromatic N) is 2. The Balaban J connectivity index is 2.04. The Bertz CT molecular complexity index is 1590. The number of hydrogen-bond donors (Lipinski definition) is 2. The summed E-state index contributed by atoms with van der Waals surface area (Å²) in [7, 11) is 1.61. The van der Waals surface area contributed by atoms with E-state index >= 15 is 0 Å². The van der Waals surface area contributed by atoms with E-state index in [1.165, 1.54) is 0 Å². The predicted molar refractivity (Wildman–Crippen MR) is 105 cm³/mol. The zero-order valence-electron chi connectivity index (χ0n) is 14.3. The molecule has 0 fully saturated rings. The fraction of sp³-hybridized carbons (Fsp3) is 0.0476. The molecule has 6 rings (SSSR count). The zero-order chi connectivity index (χ0) is 18.3. The van der Waals surface area contributed by atoms with Gasteiger partial charge in [-0.1, -0.05) is 18.2 Å². The molecular weight excluding hydrogens is 342 g/mol. The lowest BCUT2D eigenvalue weighted by atomic mass is 10.1. The molecule has 2 aromatic carbocycles. The molecule has 0 aliphatic rings. The first kappa shape index (κ1) is 14.4. The largest absolute Gasteiger partial charge is 0.497 e. The first-order valence-corrected chi connectivity index (χ1v) is 8.55. The Hall–Kier alpha value is -3.80. The van der Waals surface area contributed by atoms with Crippen molar-refractivity contribution in [3.05, 3.63) is 58.9 Å². The maximum absolute atomic E-state index is 12.7. The molecule has 0 saturated carbocycles. The second-order valence-corrected chi connectivity index (χ2v) is 6.67. The molecule has 0 atom stereocenters. The maximum Gasteiger partial charge on any atom is 0.261 e. The summed E-state index contributed by atoms with van der Waals surface area (Å²) in [6, 6.07) is 15.5. The fourth-order valence-electron chi connectivity index (χ4n) is 4.16. The van der Waals surface area contributed by atoms with Gasteiger partial charge in [-0.15, -0.1) is 0 Å². The van der Waals surface area contributed by atoms with Crippen LogP contribution >= 0.6 is 0 Å². The second-order valence-electron chi connectivity index (χ2n) is 6.67. The van der Waals surface area contributed by atoms with Crippen molar-refractivity contribution in [3.63, 3.8) is 0 Å². The third-order valence-electron chi connectivity index (χ3n) is 5.29. The molecular formula is C21H13N3O3. The van der Waals surface area contributed by atoms with Crippen LogP contribution in [0.15, 0.2) is 53.3 Å². The van der Waals surface area contributed by atoms with Crippen LogP contribution in [0.4, 0.5) is 0 Å². The van der Waals surface area contributed by atoms with Crippen LogP contribution in [0.3, 0.4) is 0 Å². The SMILES string of the molecule is COc1ccc2nc3c(c2c1)c1c(=O)[nH]c(O)c1n1c2ccccc2cc31. The first-order valence-electron chi connectivity index (χ1n) is 8.55. The van der Waals surface area contributed by atoms with Gasteiger partial charge < -0.3 is 14.2 Å². The summed E-state index contributed by atoms with van der Waals surface area (Å²) >= 11 is 0. The molecule has 2 N–H and O–H groups in total. The molecule has 0 spiro atoms. The van der Waals surface area contributed by atoms with Crippen molar-refractivity contribution in [1.82, 2.24) is 14.4 Å². The molecule has 4 heterocycles. The standard InChI is InChI=1S/C21H13N3O3/c1-27-11-6-7-13-12(9-11)16-17-19(21(26)23-20(17)25)24-14-5-3-2-4-10(14)8-15(24)18(16)22-13/h2-9,26H,1H3,(H,23,25). The van der Waals surface area contributed by atoms with E-state index < -0.39 is 0 Å². The third kappa shape index (κ3) is 1.65. The molecule has 0 amide bonds. The zero-order valence-corrected chi connectivity index (χ0v) is 14.3. The average molecular weight is 355 g/mol. The number of aromatic hydroxyl groups is 1. The molecule has 130 valence electrons. The van der Waals surface area contributed by atoms with Crippen LogP contribution < -0.4 is 10.3 Å². The van der Waals surface area contributed by atoms with E-state index in [1.807, 2.05) is 52.9 Å². The van der Waals surface area contributed by atoms with Crippen molar-refractivity contribution in [2.75, 3.05) is 7.11 Å². The summed E-state index contributed by atoms with van der Waals surface area (Å²) in [6.07, 6.45) is 0. The highest BCUT2D eigenvalue weighted by atomic mass is 16.5. The lowest BCUT2D eigenvalue weighted by Crippen LogP contribution is -1.98. The van der Waals surface area contributed by atoms with Gasteiger partial charge in [0.2, 0.25) is 5.88 Å². The molecule has 6 heteroatoms. The number of nitrogens with one attached hydrogen (secondary N) is 1. The Morgan fingerprint density at radius 1 is 1.07 bits per heavy atom. The number of ether oxygens (including phenoxy) is 1. The van der Waals surface area contributed by atoms with Gasteiger partial charge in [0, 0.05) is 16.2 Å². The molecule has 27 heavy (non-hydrogen) atoms. The van der Waals surface area contributed by atoms with Crippen LogP contribution in [0.5, 0.6) is 11.6 Å². The monoisotopic (exact) mass is 355 g/mol. The number of para-hydroxylation sites is 1. The van der Waals surface area contributed by atoms with Gasteiger partial charge in [-0.05, 0) is 30.3 Å². The van der Waals surface area contributed by atoms with Gasteiger partial charge >= 0.3 is 0 Å². The normalized spacial score (nSPS) is 12.2. The van der Waals surface area contributed by atoms with Crippen molar-refractivity contribution in [2.45, 2.75) is 0 Å². The van der Waals surface area contributed by atoms with E-state index in [0.717, 1.165) is 38.2 Å². The minimum Gasteiger partial charge on any atom is -0.497 e. The molecule has 6 nitrogen and oxygen atoms in total. The first-order chi connectivity index (χ1) is 13.2. The van der Waals surface area contributed by atoms with Gasteiger partial charge in [-0.3, -0.25) is 9.78 Å². The molecule has 0 aliphatic carbocycles. The van der Waals surface area contributed by atoms with Crippen molar-refractivity contribution in [1.29, 1.82) is 0 Å². The van der Waals surface area contributed by atoms with E-state index in [4.69, 9.17) is 9.72 Å². The maximum atomic E-state index is 12.7. The summed E-state index contributed by atoms with van der Waals surface area (Å²) in [6.45, 7) is 0. The summed E-state index contributed by atoms with van der Waals surface area (Å²) < 4.78 is 7.26. The van der Waals surface area contributed by atoms with Gasteiger partial charge in [0.05, 0.1) is 34.6 Å². The smallest absolute Gasteiger partial charge is 0.261 e. The van der Waals surface area contributed by atoms with Crippen LogP contribution in [-0.4, -0.2) is 26.6 Å². The molecule has 4 aromatic heterocycles. The highest BCUT2D eigenvalue weighted by Gasteiger charge is 2.22. The number of rotatable bonds is 1. The lowest BCUT2D eigenvalue weighted by Gasteiger charge is -2.03. The summed E-state index contributed by atoms with van der Waals surface area (Å²) in [5.41, 5.74) is 3.43.